The maximum Gasteiger partial charge on any atom is 0.332 e. The van der Waals surface area contributed by atoms with E-state index in [0.717, 1.165) is 5.56 Å². The molecule has 0 unspecified atom stereocenters. The third-order valence-electron chi connectivity index (χ3n) is 3.53. The SMILES string of the molecule is C/C(C(=O)O)=C(\CCCC(=O)OC(=O)CCc1ccccc1)C(=O)O. The number of rotatable bonds is 9. The first kappa shape index (κ1) is 20.1. The monoisotopic (exact) mass is 348 g/mol. The van der Waals surface area contributed by atoms with Crippen molar-refractivity contribution in [2.45, 2.75) is 39.0 Å². The number of hydrogen-bond acceptors (Lipinski definition) is 5. The van der Waals surface area contributed by atoms with Gasteiger partial charge in [-0.1, -0.05) is 30.3 Å². The Hall–Kier alpha value is -2.96. The summed E-state index contributed by atoms with van der Waals surface area (Å²) < 4.78 is 4.66. The van der Waals surface area contributed by atoms with Gasteiger partial charge in [-0.25, -0.2) is 9.59 Å². The fraction of sp³-hybridized carbons (Fsp3) is 0.333. The number of hydrogen-bond donors (Lipinski definition) is 2. The average Bonchev–Trinajstić information content (AvgIpc) is 2.56. The van der Waals surface area contributed by atoms with E-state index in [0.29, 0.717) is 6.42 Å². The number of carbonyl (C=O) groups is 4. The summed E-state index contributed by atoms with van der Waals surface area (Å²) in [5.74, 6) is -4.07. The van der Waals surface area contributed by atoms with Crippen LogP contribution >= 0.6 is 0 Å². The largest absolute Gasteiger partial charge is 0.478 e. The number of aryl methyl sites for hydroxylation is 1. The van der Waals surface area contributed by atoms with Crippen LogP contribution in [0.5, 0.6) is 0 Å². The van der Waals surface area contributed by atoms with Crippen molar-refractivity contribution in [1.29, 1.82) is 0 Å². The van der Waals surface area contributed by atoms with Crippen LogP contribution in [0.2, 0.25) is 0 Å². The van der Waals surface area contributed by atoms with Gasteiger partial charge in [0.15, 0.2) is 0 Å². The van der Waals surface area contributed by atoms with Crippen molar-refractivity contribution in [2.24, 2.45) is 0 Å². The van der Waals surface area contributed by atoms with Gasteiger partial charge < -0.3 is 14.9 Å². The number of ether oxygens (including phenoxy) is 1. The molecule has 0 saturated heterocycles. The first-order valence-corrected chi connectivity index (χ1v) is 7.75. The minimum Gasteiger partial charge on any atom is -0.478 e. The summed E-state index contributed by atoms with van der Waals surface area (Å²) in [7, 11) is 0. The Morgan fingerprint density at radius 2 is 1.48 bits per heavy atom. The molecule has 0 aliphatic rings. The van der Waals surface area contributed by atoms with Crippen LogP contribution in [0.4, 0.5) is 0 Å². The van der Waals surface area contributed by atoms with Crippen LogP contribution in [0.3, 0.4) is 0 Å². The minimum atomic E-state index is -1.34. The van der Waals surface area contributed by atoms with Gasteiger partial charge in [0, 0.05) is 17.6 Å². The fourth-order valence-corrected chi connectivity index (χ4v) is 2.11. The molecule has 7 heteroatoms. The molecule has 0 aliphatic carbocycles. The zero-order valence-electron chi connectivity index (χ0n) is 13.9. The first-order valence-electron chi connectivity index (χ1n) is 7.75. The van der Waals surface area contributed by atoms with Crippen molar-refractivity contribution in [3.8, 4) is 0 Å². The molecule has 0 fully saturated rings. The molecule has 1 aromatic carbocycles. The highest BCUT2D eigenvalue weighted by Gasteiger charge is 2.17. The quantitative estimate of drug-likeness (QED) is 0.399. The number of esters is 2. The Morgan fingerprint density at radius 3 is 2.04 bits per heavy atom. The normalized spacial score (nSPS) is 11.4. The van der Waals surface area contributed by atoms with Crippen LogP contribution in [0.1, 0.15) is 38.2 Å². The highest BCUT2D eigenvalue weighted by molar-refractivity contribution is 5.98. The lowest BCUT2D eigenvalue weighted by molar-refractivity contribution is -0.159. The lowest BCUT2D eigenvalue weighted by Gasteiger charge is -2.06. The van der Waals surface area contributed by atoms with Crippen molar-refractivity contribution in [1.82, 2.24) is 0 Å². The molecular weight excluding hydrogens is 328 g/mol. The third kappa shape index (κ3) is 7.43. The van der Waals surface area contributed by atoms with Crippen LogP contribution < -0.4 is 0 Å². The second kappa shape index (κ2) is 10.0. The minimum absolute atomic E-state index is 0.0636. The Balaban J connectivity index is 2.39. The molecule has 0 radical (unpaired) electrons. The summed E-state index contributed by atoms with van der Waals surface area (Å²) >= 11 is 0. The van der Waals surface area contributed by atoms with E-state index >= 15 is 0 Å². The van der Waals surface area contributed by atoms with Crippen molar-refractivity contribution in [2.75, 3.05) is 0 Å². The molecule has 1 rings (SSSR count). The van der Waals surface area contributed by atoms with Gasteiger partial charge in [0.05, 0.1) is 6.42 Å². The summed E-state index contributed by atoms with van der Waals surface area (Å²) in [6.45, 7) is 1.19. The first-order chi connectivity index (χ1) is 11.8. The van der Waals surface area contributed by atoms with Crippen molar-refractivity contribution >= 4 is 23.9 Å². The van der Waals surface area contributed by atoms with E-state index in [1.165, 1.54) is 6.92 Å². The Kier molecular flexibility index (Phi) is 8.05. The molecule has 0 amide bonds. The molecule has 0 aliphatic heterocycles. The van der Waals surface area contributed by atoms with Gasteiger partial charge in [0.25, 0.3) is 0 Å². The molecule has 0 bridgehead atoms. The third-order valence-corrected chi connectivity index (χ3v) is 3.53. The summed E-state index contributed by atoms with van der Waals surface area (Å²) in [4.78, 5) is 45.0. The lowest BCUT2D eigenvalue weighted by Crippen LogP contribution is -2.14. The van der Waals surface area contributed by atoms with Gasteiger partial charge >= 0.3 is 23.9 Å². The van der Waals surface area contributed by atoms with E-state index in [4.69, 9.17) is 10.2 Å². The molecule has 0 saturated carbocycles. The standard InChI is InChI=1S/C18H20O7/c1-12(17(21)22)14(18(23)24)8-5-9-15(19)25-16(20)11-10-13-6-3-2-4-7-13/h2-4,6-7H,5,8-11H2,1H3,(H,21,22)(H,23,24)/b14-12-. The smallest absolute Gasteiger partial charge is 0.332 e. The lowest BCUT2D eigenvalue weighted by atomic mass is 10.0. The molecule has 0 atom stereocenters. The fourth-order valence-electron chi connectivity index (χ4n) is 2.11. The molecule has 7 nitrogen and oxygen atoms in total. The highest BCUT2D eigenvalue weighted by Crippen LogP contribution is 2.14. The van der Waals surface area contributed by atoms with Gasteiger partial charge in [-0.05, 0) is 31.7 Å². The van der Waals surface area contributed by atoms with Gasteiger partial charge in [0.2, 0.25) is 0 Å². The van der Waals surface area contributed by atoms with Crippen LogP contribution in [0, 0.1) is 0 Å². The number of benzene rings is 1. The summed E-state index contributed by atoms with van der Waals surface area (Å²) in [6, 6.07) is 9.27. The molecule has 25 heavy (non-hydrogen) atoms. The van der Waals surface area contributed by atoms with Crippen LogP contribution in [-0.2, 0) is 30.3 Å². The van der Waals surface area contributed by atoms with Crippen LogP contribution in [0.15, 0.2) is 41.5 Å². The van der Waals surface area contributed by atoms with E-state index < -0.39 is 23.9 Å². The molecule has 134 valence electrons. The van der Waals surface area contributed by atoms with Crippen LogP contribution in [-0.4, -0.2) is 34.1 Å². The highest BCUT2D eigenvalue weighted by atomic mass is 16.6. The molecule has 1 aromatic rings. The maximum atomic E-state index is 11.6. The van der Waals surface area contributed by atoms with Crippen LogP contribution in [0.25, 0.3) is 0 Å². The molecule has 0 spiro atoms. The van der Waals surface area contributed by atoms with Crippen molar-refractivity contribution < 1.29 is 34.1 Å². The van der Waals surface area contributed by atoms with Crippen molar-refractivity contribution in [3.05, 3.63) is 47.0 Å². The van der Waals surface area contributed by atoms with E-state index in [1.807, 2.05) is 30.3 Å². The summed E-state index contributed by atoms with van der Waals surface area (Å²) in [5, 5.41) is 17.8. The molecule has 0 aromatic heterocycles. The van der Waals surface area contributed by atoms with Gasteiger partial charge in [-0.2, -0.15) is 0 Å². The number of carboxylic acids is 2. The second-order valence-electron chi connectivity index (χ2n) is 5.40. The number of carboxylic acid groups (broad SMARTS) is 2. The van der Waals surface area contributed by atoms with E-state index in [2.05, 4.69) is 4.74 Å². The number of aliphatic carboxylic acids is 2. The zero-order valence-corrected chi connectivity index (χ0v) is 13.9. The second-order valence-corrected chi connectivity index (χ2v) is 5.40. The molecule has 2 N–H and O–H groups in total. The molecular formula is C18H20O7. The van der Waals surface area contributed by atoms with Gasteiger partial charge in [0.1, 0.15) is 0 Å². The topological polar surface area (TPSA) is 118 Å². The predicted molar refractivity (Wildman–Crippen MR) is 87.7 cm³/mol. The predicted octanol–water partition coefficient (Wildman–Crippen LogP) is 2.34. The van der Waals surface area contributed by atoms with E-state index in [1.54, 1.807) is 0 Å². The Morgan fingerprint density at radius 1 is 0.880 bits per heavy atom. The Labute approximate surface area is 144 Å². The average molecular weight is 348 g/mol. The van der Waals surface area contributed by atoms with Gasteiger partial charge in [-0.15, -0.1) is 0 Å². The summed E-state index contributed by atoms with van der Waals surface area (Å²) in [5.41, 5.74) is 0.405. The van der Waals surface area contributed by atoms with Crippen molar-refractivity contribution in [3.63, 3.8) is 0 Å². The Bertz CT molecular complexity index is 674. The summed E-state index contributed by atoms with van der Waals surface area (Å²) in [6.07, 6.45) is 0.337. The van der Waals surface area contributed by atoms with E-state index in [-0.39, 0.29) is 36.8 Å². The van der Waals surface area contributed by atoms with E-state index in [9.17, 15) is 19.2 Å². The maximum absolute atomic E-state index is 11.6. The molecule has 0 heterocycles. The zero-order chi connectivity index (χ0) is 18.8. The van der Waals surface area contributed by atoms with Gasteiger partial charge in [-0.3, -0.25) is 9.59 Å². The number of carbonyl (C=O) groups excluding carboxylic acids is 2.